The van der Waals surface area contributed by atoms with Gasteiger partial charge in [0.2, 0.25) is 0 Å². The highest BCUT2D eigenvalue weighted by molar-refractivity contribution is 7.18. The zero-order chi connectivity index (χ0) is 26.8. The van der Waals surface area contributed by atoms with Gasteiger partial charge in [0.1, 0.15) is 16.8 Å². The van der Waals surface area contributed by atoms with Gasteiger partial charge < -0.3 is 19.9 Å². The number of aromatic nitrogens is 1. The van der Waals surface area contributed by atoms with Crippen LogP contribution in [0.2, 0.25) is 0 Å². The molecule has 3 aromatic rings. The van der Waals surface area contributed by atoms with Gasteiger partial charge in [0.05, 0.1) is 22.6 Å². The van der Waals surface area contributed by atoms with Crippen molar-refractivity contribution in [1.29, 1.82) is 5.26 Å². The van der Waals surface area contributed by atoms with E-state index in [4.69, 9.17) is 4.74 Å². The Bertz CT molecular complexity index is 1350. The van der Waals surface area contributed by atoms with Crippen LogP contribution in [0, 0.1) is 11.3 Å². The predicted molar refractivity (Wildman–Crippen MR) is 151 cm³/mol. The van der Waals surface area contributed by atoms with E-state index >= 15 is 0 Å². The molecule has 7 nitrogen and oxygen atoms in total. The van der Waals surface area contributed by atoms with Gasteiger partial charge in [0, 0.05) is 30.9 Å². The molecular weight excluding hydrogens is 494 g/mol. The molecule has 198 valence electrons. The summed E-state index contributed by atoms with van der Waals surface area (Å²) in [5.74, 6) is 0.596. The molecule has 1 aromatic heterocycles. The van der Waals surface area contributed by atoms with E-state index in [9.17, 15) is 10.1 Å². The van der Waals surface area contributed by atoms with Gasteiger partial charge in [-0.3, -0.25) is 0 Å². The Hall–Kier alpha value is -3.41. The van der Waals surface area contributed by atoms with Crippen molar-refractivity contribution in [2.75, 3.05) is 27.2 Å². The zero-order valence-corrected chi connectivity index (χ0v) is 23.3. The minimum atomic E-state index is 0.00323. The summed E-state index contributed by atoms with van der Waals surface area (Å²) in [5, 5.41) is 13.8. The topological polar surface area (TPSA) is 81.5 Å². The number of urea groups is 1. The van der Waals surface area contributed by atoms with Gasteiger partial charge in [-0.1, -0.05) is 18.2 Å². The van der Waals surface area contributed by atoms with Crippen LogP contribution in [0.25, 0.3) is 21.0 Å². The van der Waals surface area contributed by atoms with Crippen LogP contribution in [0.5, 0.6) is 5.75 Å². The second kappa shape index (κ2) is 11.1. The van der Waals surface area contributed by atoms with Gasteiger partial charge in [-0.2, -0.15) is 5.26 Å². The van der Waals surface area contributed by atoms with E-state index in [0.717, 1.165) is 54.2 Å². The van der Waals surface area contributed by atoms with Crippen molar-refractivity contribution < 1.29 is 9.53 Å². The van der Waals surface area contributed by atoms with E-state index in [1.54, 1.807) is 11.3 Å². The number of nitrogens with one attached hydrogen (secondary N) is 1. The maximum atomic E-state index is 13.1. The monoisotopic (exact) mass is 529 g/mol. The smallest absolute Gasteiger partial charge is 0.317 e. The molecule has 5 rings (SSSR count). The van der Waals surface area contributed by atoms with Crippen molar-refractivity contribution in [2.24, 2.45) is 0 Å². The van der Waals surface area contributed by atoms with E-state index in [2.05, 4.69) is 53.6 Å². The second-order valence-corrected chi connectivity index (χ2v) is 11.6. The van der Waals surface area contributed by atoms with Crippen molar-refractivity contribution in [3.05, 3.63) is 59.3 Å². The molecule has 1 atom stereocenters. The van der Waals surface area contributed by atoms with Crippen LogP contribution in [-0.2, 0) is 6.42 Å². The van der Waals surface area contributed by atoms with Crippen LogP contribution in [0.15, 0.2) is 42.6 Å². The molecule has 2 amide bonds. The number of amides is 2. The first kappa shape index (κ1) is 26.2. The fourth-order valence-corrected chi connectivity index (χ4v) is 6.47. The van der Waals surface area contributed by atoms with Crippen LogP contribution >= 0.6 is 11.3 Å². The molecule has 1 saturated heterocycles. The fraction of sp³-hybridized carbons (Fsp3) is 0.433. The summed E-state index contributed by atoms with van der Waals surface area (Å²) < 4.78 is 5.77. The average molecular weight is 530 g/mol. The molecule has 2 heterocycles. The summed E-state index contributed by atoms with van der Waals surface area (Å²) in [6, 6.07) is 14.9. The molecule has 2 aromatic carbocycles. The molecule has 8 heteroatoms. The summed E-state index contributed by atoms with van der Waals surface area (Å²) in [6.45, 7) is 5.50. The molecule has 1 aliphatic heterocycles. The van der Waals surface area contributed by atoms with Crippen LogP contribution in [0.1, 0.15) is 55.8 Å². The lowest BCUT2D eigenvalue weighted by Gasteiger charge is -2.35. The standard InChI is InChI=1S/C30H35N5O2S/c1-19(2)37-27-11-8-20(16-21(27)17-31)29-32-18-28(38-29)25-7-5-6-24-23(25)9-10-26(24)33-30(36)35-14-12-22(13-15-35)34(3)4/h5-8,11,16,18-19,22,26H,9-10,12-15H2,1-4H3,(H,33,36)/t26-/m1/s1. The SMILES string of the molecule is CC(C)Oc1ccc(-c2ncc(-c3cccc4c3CC[C@H]4NC(=O)N3CCC(N(C)C)CC3)s2)cc1C#N. The number of thiazole rings is 1. The Balaban J connectivity index is 1.31. The Labute approximate surface area is 229 Å². The first-order valence-electron chi connectivity index (χ1n) is 13.3. The Morgan fingerprint density at radius 3 is 2.71 bits per heavy atom. The first-order chi connectivity index (χ1) is 18.3. The first-order valence-corrected chi connectivity index (χ1v) is 14.2. The molecule has 1 aliphatic carbocycles. The number of hydrogen-bond donors (Lipinski definition) is 1. The van der Waals surface area contributed by atoms with Gasteiger partial charge in [-0.25, -0.2) is 9.78 Å². The van der Waals surface area contributed by atoms with E-state index < -0.39 is 0 Å². The minimum Gasteiger partial charge on any atom is -0.490 e. The lowest BCUT2D eigenvalue weighted by atomic mass is 10.0. The van der Waals surface area contributed by atoms with Gasteiger partial charge >= 0.3 is 6.03 Å². The van der Waals surface area contributed by atoms with E-state index in [1.165, 1.54) is 16.7 Å². The third-order valence-electron chi connectivity index (χ3n) is 7.53. The summed E-state index contributed by atoms with van der Waals surface area (Å²) in [4.78, 5) is 23.1. The number of carbonyl (C=O) groups is 1. The number of benzene rings is 2. The maximum Gasteiger partial charge on any atom is 0.317 e. The normalized spacial score (nSPS) is 17.5. The van der Waals surface area contributed by atoms with E-state index in [-0.39, 0.29) is 18.2 Å². The summed E-state index contributed by atoms with van der Waals surface area (Å²) in [5.41, 5.74) is 5.09. The lowest BCUT2D eigenvalue weighted by molar-refractivity contribution is 0.146. The summed E-state index contributed by atoms with van der Waals surface area (Å²) in [7, 11) is 4.23. The van der Waals surface area contributed by atoms with Crippen molar-refractivity contribution in [2.45, 2.75) is 57.7 Å². The molecule has 0 bridgehead atoms. The van der Waals surface area contributed by atoms with Crippen LogP contribution in [0.4, 0.5) is 4.79 Å². The van der Waals surface area contributed by atoms with Crippen LogP contribution in [-0.4, -0.2) is 60.1 Å². The number of nitrogens with zero attached hydrogens (tertiary/aromatic N) is 4. The van der Waals surface area contributed by atoms with Crippen LogP contribution in [0.3, 0.4) is 0 Å². The Morgan fingerprint density at radius 2 is 2.00 bits per heavy atom. The molecule has 1 N–H and O–H groups in total. The molecule has 0 saturated carbocycles. The van der Waals surface area contributed by atoms with Gasteiger partial charge in [0.15, 0.2) is 0 Å². The number of fused-ring (bicyclic) bond motifs is 1. The van der Waals surface area contributed by atoms with Crippen LogP contribution < -0.4 is 10.1 Å². The fourth-order valence-electron chi connectivity index (χ4n) is 5.50. The highest BCUT2D eigenvalue weighted by Crippen LogP contribution is 2.41. The molecule has 38 heavy (non-hydrogen) atoms. The zero-order valence-electron chi connectivity index (χ0n) is 22.5. The lowest BCUT2D eigenvalue weighted by Crippen LogP contribution is -2.48. The largest absolute Gasteiger partial charge is 0.490 e. The predicted octanol–water partition coefficient (Wildman–Crippen LogP) is 5.86. The third kappa shape index (κ3) is 5.40. The number of carbonyl (C=O) groups excluding carboxylic acids is 1. The average Bonchev–Trinajstić information content (AvgIpc) is 3.56. The number of ether oxygens (including phenoxy) is 1. The molecule has 0 radical (unpaired) electrons. The molecule has 2 aliphatic rings. The minimum absolute atomic E-state index is 0.00323. The summed E-state index contributed by atoms with van der Waals surface area (Å²) in [6.07, 6.45) is 5.78. The maximum absolute atomic E-state index is 13.1. The number of likely N-dealkylation sites (tertiary alicyclic amines) is 1. The third-order valence-corrected chi connectivity index (χ3v) is 8.61. The van der Waals surface area contributed by atoms with E-state index in [0.29, 0.717) is 17.4 Å². The van der Waals surface area contributed by atoms with Gasteiger partial charge in [-0.15, -0.1) is 11.3 Å². The number of rotatable bonds is 6. The quantitative estimate of drug-likeness (QED) is 0.433. The highest BCUT2D eigenvalue weighted by Gasteiger charge is 2.30. The van der Waals surface area contributed by atoms with Crippen molar-refractivity contribution >= 4 is 17.4 Å². The van der Waals surface area contributed by atoms with Crippen molar-refractivity contribution in [1.82, 2.24) is 20.1 Å². The number of piperidine rings is 1. The molecule has 0 spiro atoms. The van der Waals surface area contributed by atoms with Crippen molar-refractivity contribution in [3.8, 4) is 32.8 Å². The Morgan fingerprint density at radius 1 is 1.21 bits per heavy atom. The van der Waals surface area contributed by atoms with E-state index in [1.807, 2.05) is 43.1 Å². The number of hydrogen-bond acceptors (Lipinski definition) is 6. The molecule has 0 unspecified atom stereocenters. The molecular formula is C30H35N5O2S. The molecule has 1 fully saturated rings. The van der Waals surface area contributed by atoms with Gasteiger partial charge in [-0.05, 0) is 88.5 Å². The Kier molecular flexibility index (Phi) is 7.68. The van der Waals surface area contributed by atoms with Crippen molar-refractivity contribution in [3.63, 3.8) is 0 Å². The highest BCUT2D eigenvalue weighted by atomic mass is 32.1. The number of nitriles is 1. The van der Waals surface area contributed by atoms with Gasteiger partial charge in [0.25, 0.3) is 0 Å². The second-order valence-electron chi connectivity index (χ2n) is 10.6. The summed E-state index contributed by atoms with van der Waals surface area (Å²) >= 11 is 1.62.